The van der Waals surface area contributed by atoms with E-state index in [2.05, 4.69) is 17.1 Å². The molecule has 1 aromatic carbocycles. The van der Waals surface area contributed by atoms with Crippen LogP contribution in [0.25, 0.3) is 0 Å². The minimum atomic E-state index is 0.415. The van der Waals surface area contributed by atoms with Crippen molar-refractivity contribution in [1.82, 2.24) is 0 Å². The third-order valence-corrected chi connectivity index (χ3v) is 1.40. The third kappa shape index (κ3) is 2.32. The summed E-state index contributed by atoms with van der Waals surface area (Å²) in [7, 11) is 0. The highest BCUT2D eigenvalue weighted by Crippen LogP contribution is 2.14. The van der Waals surface area contributed by atoms with Gasteiger partial charge in [-0.15, -0.1) is 0 Å². The summed E-state index contributed by atoms with van der Waals surface area (Å²) in [5, 5.41) is 0. The van der Waals surface area contributed by atoms with Gasteiger partial charge in [0.25, 0.3) is 0 Å². The first-order valence-electron chi connectivity index (χ1n) is 3.13. The number of rotatable bonds is 2. The van der Waals surface area contributed by atoms with Gasteiger partial charge in [0.1, 0.15) is 0 Å². The fraction of sp³-hybridized carbons (Fsp3) is 0.143. The SMILES string of the molecule is Nc1cc(N)cc(COS)c1. The van der Waals surface area contributed by atoms with Crippen LogP contribution in [0.3, 0.4) is 0 Å². The van der Waals surface area contributed by atoms with Crippen molar-refractivity contribution in [2.24, 2.45) is 0 Å². The summed E-state index contributed by atoms with van der Waals surface area (Å²) in [6.45, 7) is 0.415. The Morgan fingerprint density at radius 2 is 1.73 bits per heavy atom. The first-order valence-corrected chi connectivity index (χ1v) is 3.50. The van der Waals surface area contributed by atoms with Gasteiger partial charge in [0.2, 0.25) is 0 Å². The number of thiol groups is 1. The topological polar surface area (TPSA) is 61.3 Å². The molecule has 11 heavy (non-hydrogen) atoms. The molecule has 0 bridgehead atoms. The van der Waals surface area contributed by atoms with Crippen molar-refractivity contribution < 1.29 is 4.18 Å². The predicted molar refractivity (Wildman–Crippen MR) is 49.0 cm³/mol. The van der Waals surface area contributed by atoms with Crippen molar-refractivity contribution in [3.63, 3.8) is 0 Å². The third-order valence-electron chi connectivity index (χ3n) is 1.27. The van der Waals surface area contributed by atoms with Crippen molar-refractivity contribution in [2.75, 3.05) is 11.5 Å². The van der Waals surface area contributed by atoms with Gasteiger partial charge in [0.05, 0.1) is 6.61 Å². The normalized spacial score (nSPS) is 9.91. The van der Waals surface area contributed by atoms with E-state index < -0.39 is 0 Å². The molecule has 0 aliphatic rings. The molecule has 4 heteroatoms. The van der Waals surface area contributed by atoms with Crippen LogP contribution in [0.1, 0.15) is 5.56 Å². The Labute approximate surface area is 71.0 Å². The van der Waals surface area contributed by atoms with Gasteiger partial charge in [-0.2, -0.15) is 0 Å². The molecular weight excluding hydrogens is 160 g/mol. The fourth-order valence-corrected chi connectivity index (χ4v) is 1.05. The monoisotopic (exact) mass is 170 g/mol. The van der Waals surface area contributed by atoms with E-state index in [1.165, 1.54) is 0 Å². The molecular formula is C7H10N2OS. The average Bonchev–Trinajstić information content (AvgIpc) is 1.85. The first kappa shape index (κ1) is 8.23. The lowest BCUT2D eigenvalue weighted by Gasteiger charge is -2.01. The van der Waals surface area contributed by atoms with E-state index in [0.29, 0.717) is 18.0 Å². The molecule has 60 valence electrons. The Bertz CT molecular complexity index is 232. The van der Waals surface area contributed by atoms with Crippen LogP contribution in [-0.4, -0.2) is 0 Å². The van der Waals surface area contributed by atoms with Crippen molar-refractivity contribution in [2.45, 2.75) is 6.61 Å². The van der Waals surface area contributed by atoms with Gasteiger partial charge in [-0.25, -0.2) is 0 Å². The van der Waals surface area contributed by atoms with Gasteiger partial charge in [0, 0.05) is 11.4 Å². The molecule has 3 nitrogen and oxygen atoms in total. The molecule has 0 spiro atoms. The zero-order chi connectivity index (χ0) is 8.27. The molecule has 4 N–H and O–H groups in total. The fourth-order valence-electron chi connectivity index (χ4n) is 0.903. The second-order valence-electron chi connectivity index (χ2n) is 2.28. The number of benzene rings is 1. The smallest absolute Gasteiger partial charge is 0.0862 e. The number of nitrogen functional groups attached to an aromatic ring is 2. The summed E-state index contributed by atoms with van der Waals surface area (Å²) in [6, 6.07) is 5.29. The van der Waals surface area contributed by atoms with Gasteiger partial charge in [-0.1, -0.05) is 0 Å². The van der Waals surface area contributed by atoms with Crippen molar-refractivity contribution >= 4 is 24.3 Å². The Kier molecular flexibility index (Phi) is 2.62. The average molecular weight is 170 g/mol. The number of nitrogens with two attached hydrogens (primary N) is 2. The Morgan fingerprint density at radius 3 is 2.18 bits per heavy atom. The summed E-state index contributed by atoms with van der Waals surface area (Å²) in [4.78, 5) is 0. The van der Waals surface area contributed by atoms with Crippen LogP contribution in [-0.2, 0) is 10.8 Å². The molecule has 0 aliphatic carbocycles. The highest BCUT2D eigenvalue weighted by molar-refractivity contribution is 7.75. The van der Waals surface area contributed by atoms with E-state index in [4.69, 9.17) is 11.5 Å². The van der Waals surface area contributed by atoms with E-state index in [1.807, 2.05) is 0 Å². The van der Waals surface area contributed by atoms with E-state index in [-0.39, 0.29) is 0 Å². The van der Waals surface area contributed by atoms with Gasteiger partial charge < -0.3 is 15.7 Å². The maximum Gasteiger partial charge on any atom is 0.0862 e. The maximum absolute atomic E-state index is 5.53. The number of hydrogen-bond acceptors (Lipinski definition) is 4. The van der Waals surface area contributed by atoms with Crippen molar-refractivity contribution in [3.05, 3.63) is 23.8 Å². The lowest BCUT2D eigenvalue weighted by molar-refractivity contribution is 0.372. The Morgan fingerprint density at radius 1 is 1.18 bits per heavy atom. The largest absolute Gasteiger partial charge is 0.399 e. The summed E-state index contributed by atoms with van der Waals surface area (Å²) in [6.07, 6.45) is 0. The minimum absolute atomic E-state index is 0.415. The first-order chi connectivity index (χ1) is 5.22. The van der Waals surface area contributed by atoms with Gasteiger partial charge in [-0.3, -0.25) is 0 Å². The summed E-state index contributed by atoms with van der Waals surface area (Å²) in [5.41, 5.74) is 13.3. The van der Waals surface area contributed by atoms with E-state index in [0.717, 1.165) is 5.56 Å². The molecule has 0 aliphatic heterocycles. The molecule has 0 saturated heterocycles. The molecule has 1 aromatic rings. The molecule has 0 aromatic heterocycles. The van der Waals surface area contributed by atoms with Gasteiger partial charge >= 0.3 is 0 Å². The van der Waals surface area contributed by atoms with Crippen LogP contribution >= 0.6 is 12.9 Å². The molecule has 0 atom stereocenters. The van der Waals surface area contributed by atoms with Crippen LogP contribution in [0.2, 0.25) is 0 Å². The van der Waals surface area contributed by atoms with Crippen molar-refractivity contribution in [1.29, 1.82) is 0 Å². The summed E-state index contributed by atoms with van der Waals surface area (Å²) >= 11 is 3.62. The molecule has 0 heterocycles. The number of hydrogen-bond donors (Lipinski definition) is 3. The Balaban J connectivity index is 2.89. The van der Waals surface area contributed by atoms with Crippen molar-refractivity contribution in [3.8, 4) is 0 Å². The molecule has 0 unspecified atom stereocenters. The number of anilines is 2. The predicted octanol–water partition coefficient (Wildman–Crippen LogP) is 1.21. The zero-order valence-electron chi connectivity index (χ0n) is 5.95. The summed E-state index contributed by atoms with van der Waals surface area (Å²) < 4.78 is 4.62. The molecule has 0 saturated carbocycles. The van der Waals surface area contributed by atoms with Crippen LogP contribution < -0.4 is 11.5 Å². The maximum atomic E-state index is 5.53. The van der Waals surface area contributed by atoms with Gasteiger partial charge in [0.15, 0.2) is 0 Å². The van der Waals surface area contributed by atoms with Crippen LogP contribution in [0.5, 0.6) is 0 Å². The summed E-state index contributed by atoms with van der Waals surface area (Å²) in [5.74, 6) is 0. The van der Waals surface area contributed by atoms with E-state index >= 15 is 0 Å². The molecule has 0 amide bonds. The lowest BCUT2D eigenvalue weighted by atomic mass is 10.2. The zero-order valence-corrected chi connectivity index (χ0v) is 6.84. The van der Waals surface area contributed by atoms with Crippen LogP contribution in [0.4, 0.5) is 11.4 Å². The minimum Gasteiger partial charge on any atom is -0.399 e. The lowest BCUT2D eigenvalue weighted by Crippen LogP contribution is -1.93. The van der Waals surface area contributed by atoms with E-state index in [9.17, 15) is 0 Å². The molecule has 1 rings (SSSR count). The standard InChI is InChI=1S/C7H10N2OS/c8-6-1-5(4-10-11)2-7(9)3-6/h1-3,11H,4,8-9H2. The highest BCUT2D eigenvalue weighted by atomic mass is 32.1. The Hall–Kier alpha value is -0.870. The molecule has 0 fully saturated rings. The second-order valence-corrected chi connectivity index (χ2v) is 2.54. The van der Waals surface area contributed by atoms with Crippen LogP contribution in [0.15, 0.2) is 18.2 Å². The van der Waals surface area contributed by atoms with Crippen LogP contribution in [0, 0.1) is 0 Å². The molecule has 0 radical (unpaired) electrons. The van der Waals surface area contributed by atoms with Gasteiger partial charge in [-0.05, 0) is 36.7 Å². The second kappa shape index (κ2) is 3.50. The highest BCUT2D eigenvalue weighted by Gasteiger charge is 1.95. The van der Waals surface area contributed by atoms with E-state index in [1.54, 1.807) is 18.2 Å². The quantitative estimate of drug-likeness (QED) is 0.355.